The smallest absolute Gasteiger partial charge is 0.143 e. The largest absolute Gasteiger partial charge is 0.495 e. The number of hydrogen-bond donors (Lipinski definition) is 1. The maximum absolute atomic E-state index is 9.43. The number of ether oxygens (including phenoxy) is 1. The van der Waals surface area contributed by atoms with Gasteiger partial charge in [-0.3, -0.25) is 4.98 Å². The molecule has 1 atom stereocenters. The highest BCUT2D eigenvalue weighted by atomic mass is 16.5. The van der Waals surface area contributed by atoms with Gasteiger partial charge >= 0.3 is 0 Å². The third-order valence-corrected chi connectivity index (χ3v) is 3.73. The number of aromatic nitrogens is 2. The molecular formula is C17H18N2O2. The molecule has 0 spiro atoms. The Morgan fingerprint density at radius 3 is 2.86 bits per heavy atom. The maximum atomic E-state index is 9.43. The Morgan fingerprint density at radius 1 is 1.24 bits per heavy atom. The molecule has 1 unspecified atom stereocenters. The number of benzene rings is 1. The van der Waals surface area contributed by atoms with E-state index in [2.05, 4.69) is 21.7 Å². The standard InChI is InChI=1S/C17H18N2O2/c1-21-16-6-2-4-13-7-10-19(17(13)16)15(8-11-20)14-5-3-9-18-12-14/h2-7,9-10,12,15,20H,8,11H2,1H3. The summed E-state index contributed by atoms with van der Waals surface area (Å²) in [5, 5.41) is 10.6. The van der Waals surface area contributed by atoms with E-state index in [4.69, 9.17) is 4.74 Å². The molecule has 108 valence electrons. The zero-order chi connectivity index (χ0) is 14.7. The molecule has 0 bridgehead atoms. The van der Waals surface area contributed by atoms with E-state index in [0.29, 0.717) is 6.42 Å². The fourth-order valence-corrected chi connectivity index (χ4v) is 2.77. The average molecular weight is 282 g/mol. The number of hydrogen-bond acceptors (Lipinski definition) is 3. The molecule has 0 aliphatic rings. The van der Waals surface area contributed by atoms with E-state index in [0.717, 1.165) is 22.2 Å². The Labute approximate surface area is 123 Å². The summed E-state index contributed by atoms with van der Waals surface area (Å²) >= 11 is 0. The highest BCUT2D eigenvalue weighted by Gasteiger charge is 2.17. The number of rotatable bonds is 5. The second-order valence-electron chi connectivity index (χ2n) is 4.94. The lowest BCUT2D eigenvalue weighted by Crippen LogP contribution is -2.12. The number of aliphatic hydroxyl groups excluding tert-OH is 1. The molecule has 1 N–H and O–H groups in total. The van der Waals surface area contributed by atoms with Crippen molar-refractivity contribution in [2.75, 3.05) is 13.7 Å². The molecule has 3 aromatic rings. The lowest BCUT2D eigenvalue weighted by Gasteiger charge is -2.20. The van der Waals surface area contributed by atoms with E-state index >= 15 is 0 Å². The van der Waals surface area contributed by atoms with Gasteiger partial charge in [0.25, 0.3) is 0 Å². The molecule has 4 nitrogen and oxygen atoms in total. The van der Waals surface area contributed by atoms with Crippen molar-refractivity contribution >= 4 is 10.9 Å². The predicted molar refractivity (Wildman–Crippen MR) is 82.6 cm³/mol. The Bertz CT molecular complexity index is 722. The lowest BCUT2D eigenvalue weighted by molar-refractivity contribution is 0.269. The fourth-order valence-electron chi connectivity index (χ4n) is 2.77. The summed E-state index contributed by atoms with van der Waals surface area (Å²) in [6, 6.07) is 12.1. The molecule has 0 fully saturated rings. The van der Waals surface area contributed by atoms with E-state index in [9.17, 15) is 5.11 Å². The maximum Gasteiger partial charge on any atom is 0.143 e. The molecule has 0 aliphatic heterocycles. The summed E-state index contributed by atoms with van der Waals surface area (Å²) in [5.74, 6) is 0.837. The topological polar surface area (TPSA) is 47.3 Å². The van der Waals surface area contributed by atoms with E-state index in [1.165, 1.54) is 0 Å². The number of para-hydroxylation sites is 1. The van der Waals surface area contributed by atoms with Crippen molar-refractivity contribution in [3.63, 3.8) is 0 Å². The number of pyridine rings is 1. The van der Waals surface area contributed by atoms with Gasteiger partial charge in [0.1, 0.15) is 5.75 Å². The molecule has 0 aliphatic carbocycles. The third kappa shape index (κ3) is 2.50. The van der Waals surface area contributed by atoms with Gasteiger partial charge in [0, 0.05) is 30.6 Å². The Morgan fingerprint density at radius 2 is 2.14 bits per heavy atom. The van der Waals surface area contributed by atoms with Crippen molar-refractivity contribution in [2.24, 2.45) is 0 Å². The van der Waals surface area contributed by atoms with Gasteiger partial charge in [0.2, 0.25) is 0 Å². The minimum absolute atomic E-state index is 0.0394. The van der Waals surface area contributed by atoms with Crippen LogP contribution in [0.4, 0.5) is 0 Å². The molecule has 1 aromatic carbocycles. The van der Waals surface area contributed by atoms with Crippen LogP contribution >= 0.6 is 0 Å². The second-order valence-corrected chi connectivity index (χ2v) is 4.94. The number of aliphatic hydroxyl groups is 1. The van der Waals surface area contributed by atoms with Crippen molar-refractivity contribution in [3.05, 3.63) is 60.6 Å². The molecular weight excluding hydrogens is 264 g/mol. The molecule has 2 heterocycles. The van der Waals surface area contributed by atoms with Gasteiger partial charge in [0.15, 0.2) is 0 Å². The summed E-state index contributed by atoms with van der Waals surface area (Å²) in [6.45, 7) is 0.119. The Balaban J connectivity index is 2.16. The molecule has 2 aromatic heterocycles. The van der Waals surface area contributed by atoms with Gasteiger partial charge in [0.05, 0.1) is 18.7 Å². The highest BCUT2D eigenvalue weighted by molar-refractivity contribution is 5.86. The normalized spacial score (nSPS) is 12.5. The number of fused-ring (bicyclic) bond motifs is 1. The number of nitrogens with zero attached hydrogens (tertiary/aromatic N) is 2. The van der Waals surface area contributed by atoms with E-state index in [1.54, 1.807) is 13.3 Å². The van der Waals surface area contributed by atoms with Crippen molar-refractivity contribution in [1.82, 2.24) is 9.55 Å². The zero-order valence-electron chi connectivity index (χ0n) is 11.9. The molecule has 3 rings (SSSR count). The minimum Gasteiger partial charge on any atom is -0.495 e. The van der Waals surface area contributed by atoms with Crippen LogP contribution in [-0.4, -0.2) is 28.4 Å². The van der Waals surface area contributed by atoms with Crippen LogP contribution in [0.3, 0.4) is 0 Å². The van der Waals surface area contributed by atoms with Crippen molar-refractivity contribution < 1.29 is 9.84 Å². The average Bonchev–Trinajstić information content (AvgIpc) is 2.97. The summed E-state index contributed by atoms with van der Waals surface area (Å²) in [4.78, 5) is 4.19. The first-order valence-electron chi connectivity index (χ1n) is 6.99. The minimum atomic E-state index is 0.0394. The molecule has 0 radical (unpaired) electrons. The van der Waals surface area contributed by atoms with Gasteiger partial charge in [-0.25, -0.2) is 0 Å². The SMILES string of the molecule is COc1cccc2ccn(C(CCO)c3cccnc3)c12. The quantitative estimate of drug-likeness (QED) is 0.782. The van der Waals surface area contributed by atoms with Crippen LogP contribution in [0.25, 0.3) is 10.9 Å². The monoisotopic (exact) mass is 282 g/mol. The van der Waals surface area contributed by atoms with Gasteiger partial charge in [-0.1, -0.05) is 18.2 Å². The van der Waals surface area contributed by atoms with Gasteiger partial charge in [-0.15, -0.1) is 0 Å². The zero-order valence-corrected chi connectivity index (χ0v) is 11.9. The van der Waals surface area contributed by atoms with Gasteiger partial charge in [-0.2, -0.15) is 0 Å². The lowest BCUT2D eigenvalue weighted by atomic mass is 10.1. The molecule has 4 heteroatoms. The molecule has 0 saturated heterocycles. The number of methoxy groups -OCH3 is 1. The van der Waals surface area contributed by atoms with Crippen LogP contribution in [0.2, 0.25) is 0 Å². The summed E-state index contributed by atoms with van der Waals surface area (Å²) < 4.78 is 7.65. The summed E-state index contributed by atoms with van der Waals surface area (Å²) in [5.41, 5.74) is 2.12. The van der Waals surface area contributed by atoms with Gasteiger partial charge < -0.3 is 14.4 Å². The van der Waals surface area contributed by atoms with E-state index in [1.807, 2.05) is 36.7 Å². The summed E-state index contributed by atoms with van der Waals surface area (Å²) in [6.07, 6.45) is 6.28. The van der Waals surface area contributed by atoms with Crippen LogP contribution in [0.15, 0.2) is 55.0 Å². The fraction of sp³-hybridized carbons (Fsp3) is 0.235. The van der Waals surface area contributed by atoms with Crippen LogP contribution in [0.1, 0.15) is 18.0 Å². The molecule has 0 amide bonds. The summed E-state index contributed by atoms with van der Waals surface area (Å²) in [7, 11) is 1.68. The van der Waals surface area contributed by atoms with Gasteiger partial charge in [-0.05, 0) is 30.2 Å². The van der Waals surface area contributed by atoms with E-state index < -0.39 is 0 Å². The highest BCUT2D eigenvalue weighted by Crippen LogP contribution is 2.32. The predicted octanol–water partition coefficient (Wildman–Crippen LogP) is 3.02. The van der Waals surface area contributed by atoms with Crippen LogP contribution in [-0.2, 0) is 0 Å². The Hall–Kier alpha value is -2.33. The first-order valence-corrected chi connectivity index (χ1v) is 6.99. The third-order valence-electron chi connectivity index (χ3n) is 3.73. The molecule has 21 heavy (non-hydrogen) atoms. The van der Waals surface area contributed by atoms with Crippen molar-refractivity contribution in [2.45, 2.75) is 12.5 Å². The van der Waals surface area contributed by atoms with Crippen LogP contribution in [0, 0.1) is 0 Å². The van der Waals surface area contributed by atoms with Crippen molar-refractivity contribution in [3.8, 4) is 5.75 Å². The van der Waals surface area contributed by atoms with Crippen LogP contribution in [0.5, 0.6) is 5.75 Å². The molecule has 0 saturated carbocycles. The van der Waals surface area contributed by atoms with Crippen LogP contribution < -0.4 is 4.74 Å². The second kappa shape index (κ2) is 5.97. The van der Waals surface area contributed by atoms with Crippen molar-refractivity contribution in [1.29, 1.82) is 0 Å². The Kier molecular flexibility index (Phi) is 3.88. The first-order chi connectivity index (χ1) is 10.3. The van der Waals surface area contributed by atoms with E-state index in [-0.39, 0.29) is 12.6 Å². The first kappa shape index (κ1) is 13.6.